The third-order valence-electron chi connectivity index (χ3n) is 6.07. The molecule has 0 saturated heterocycles. The Hall–Kier alpha value is -2.67. The lowest BCUT2D eigenvalue weighted by Crippen LogP contribution is -2.43. The highest BCUT2D eigenvalue weighted by molar-refractivity contribution is 5.88. The number of aromatic nitrogens is 2. The van der Waals surface area contributed by atoms with E-state index >= 15 is 0 Å². The quantitative estimate of drug-likeness (QED) is 0.561. The topological polar surface area (TPSA) is 68.0 Å². The summed E-state index contributed by atoms with van der Waals surface area (Å²) in [6.07, 6.45) is 6.80. The lowest BCUT2D eigenvalue weighted by atomic mass is 9.82. The normalized spacial score (nSPS) is 19.2. The van der Waals surface area contributed by atoms with Crippen molar-refractivity contribution in [3.05, 3.63) is 48.2 Å². The molecule has 3 aromatic rings. The first-order valence-corrected chi connectivity index (χ1v) is 10.8. The smallest absolute Gasteiger partial charge is 0.191 e. The van der Waals surface area contributed by atoms with E-state index in [0.29, 0.717) is 18.1 Å². The summed E-state index contributed by atoms with van der Waals surface area (Å²) in [5.41, 5.74) is 1.68. The molecule has 0 amide bonds. The first kappa shape index (κ1) is 21.6. The average molecular weight is 427 g/mol. The van der Waals surface area contributed by atoms with E-state index in [1.165, 1.54) is 0 Å². The van der Waals surface area contributed by atoms with Crippen LogP contribution in [-0.2, 0) is 11.2 Å². The molecule has 31 heavy (non-hydrogen) atoms. The molecule has 164 valence electrons. The number of oxazole rings is 1. The van der Waals surface area contributed by atoms with Gasteiger partial charge < -0.3 is 9.73 Å². The van der Waals surface area contributed by atoms with Crippen molar-refractivity contribution in [2.75, 3.05) is 13.3 Å². The number of rotatable bonds is 8. The molecule has 1 N–H and O–H groups in total. The van der Waals surface area contributed by atoms with Crippen LogP contribution >= 0.6 is 0 Å². The summed E-state index contributed by atoms with van der Waals surface area (Å²) >= 11 is 0. The Morgan fingerprint density at radius 1 is 1.10 bits per heavy atom. The van der Waals surface area contributed by atoms with Gasteiger partial charge >= 0.3 is 0 Å². The molecule has 1 aliphatic rings. The molecule has 4 rings (SSSR count). The van der Waals surface area contributed by atoms with Crippen molar-refractivity contribution >= 4 is 16.6 Å². The van der Waals surface area contributed by atoms with Crippen molar-refractivity contribution in [2.45, 2.75) is 51.1 Å². The molecule has 2 heterocycles. The summed E-state index contributed by atoms with van der Waals surface area (Å²) < 4.78 is 31.1. The Morgan fingerprint density at radius 3 is 2.55 bits per heavy atom. The molecule has 0 unspecified atom stereocenters. The van der Waals surface area contributed by atoms with Gasteiger partial charge in [0.25, 0.3) is 0 Å². The molecule has 1 fully saturated rings. The fraction of sp³-hybridized carbons (Fsp3) is 0.458. The van der Waals surface area contributed by atoms with Crippen molar-refractivity contribution in [3.63, 3.8) is 0 Å². The molecule has 5 nitrogen and oxygen atoms in total. The van der Waals surface area contributed by atoms with Crippen LogP contribution in [0.25, 0.3) is 22.1 Å². The predicted octanol–water partition coefficient (Wildman–Crippen LogP) is 4.77. The molecule has 7 heteroatoms. The summed E-state index contributed by atoms with van der Waals surface area (Å²) in [6.45, 7) is 0.393. The van der Waals surface area contributed by atoms with Crippen LogP contribution in [0.15, 0.2) is 41.1 Å². The highest BCUT2D eigenvalue weighted by Crippen LogP contribution is 2.28. The van der Waals surface area contributed by atoms with Crippen molar-refractivity contribution in [1.82, 2.24) is 15.3 Å². The molecular weight excluding hydrogens is 400 g/mol. The number of fused-ring (bicyclic) bond motifs is 1. The summed E-state index contributed by atoms with van der Waals surface area (Å²) in [6, 6.07) is 7.28. The molecule has 0 spiro atoms. The average Bonchev–Trinajstić information content (AvgIpc) is 3.23. The maximum absolute atomic E-state index is 12.8. The van der Waals surface area contributed by atoms with Gasteiger partial charge in [-0.05, 0) is 43.2 Å². The Balaban J connectivity index is 1.39. The number of alkyl halides is 2. The van der Waals surface area contributed by atoms with Crippen molar-refractivity contribution in [3.8, 4) is 11.3 Å². The van der Waals surface area contributed by atoms with Crippen molar-refractivity contribution in [1.29, 1.82) is 0 Å². The predicted molar refractivity (Wildman–Crippen MR) is 115 cm³/mol. The minimum absolute atomic E-state index is 0.0201. The minimum Gasteiger partial charge on any atom is -0.441 e. The lowest BCUT2D eigenvalue weighted by molar-refractivity contribution is -0.123. The highest BCUT2D eigenvalue weighted by atomic mass is 19.1. The monoisotopic (exact) mass is 427 g/mol. The van der Waals surface area contributed by atoms with Crippen LogP contribution in [0.2, 0.25) is 0 Å². The molecule has 0 atom stereocenters. The Morgan fingerprint density at radius 2 is 1.87 bits per heavy atom. The Bertz CT molecular complexity index is 1040. The number of pyridine rings is 1. The Labute approximate surface area is 180 Å². The summed E-state index contributed by atoms with van der Waals surface area (Å²) in [5, 5.41) is 5.02. The van der Waals surface area contributed by atoms with Gasteiger partial charge in [-0.1, -0.05) is 12.1 Å². The van der Waals surface area contributed by atoms with E-state index in [0.717, 1.165) is 47.7 Å². The van der Waals surface area contributed by atoms with Gasteiger partial charge in [0.2, 0.25) is 0 Å². The number of hydrogen-bond acceptors (Lipinski definition) is 5. The van der Waals surface area contributed by atoms with Gasteiger partial charge in [0.05, 0.1) is 12.2 Å². The first-order valence-electron chi connectivity index (χ1n) is 10.8. The van der Waals surface area contributed by atoms with Gasteiger partial charge in [0.1, 0.15) is 19.1 Å². The van der Waals surface area contributed by atoms with Crippen LogP contribution in [0, 0.1) is 12.8 Å². The second-order valence-corrected chi connectivity index (χ2v) is 8.34. The van der Waals surface area contributed by atoms with E-state index in [4.69, 9.17) is 4.42 Å². The zero-order chi connectivity index (χ0) is 21.8. The molecule has 1 saturated carbocycles. The summed E-state index contributed by atoms with van der Waals surface area (Å²) in [7, 11) is 0. The highest BCUT2D eigenvalue weighted by Gasteiger charge is 2.27. The standard InChI is InChI=1S/C24H27F2N3O2/c1-15-27-14-24(31-15)17-2-3-18-13-28-21(9-19(18)8-17)10-23(30)16-4-6-20(7-5-16)29-22(11-25)12-26/h2-3,8-9,13-14,16,20,22,29H,4-7,10-12H2,1H3. The fourth-order valence-electron chi connectivity index (χ4n) is 4.30. The maximum Gasteiger partial charge on any atom is 0.191 e. The van der Waals surface area contributed by atoms with E-state index in [2.05, 4.69) is 15.3 Å². The zero-order valence-electron chi connectivity index (χ0n) is 17.6. The van der Waals surface area contributed by atoms with E-state index in [1.54, 1.807) is 12.4 Å². The molecule has 0 radical (unpaired) electrons. The number of carbonyl (C=O) groups is 1. The van der Waals surface area contributed by atoms with Crippen LogP contribution in [0.4, 0.5) is 8.78 Å². The number of halogens is 2. The van der Waals surface area contributed by atoms with Crippen LogP contribution < -0.4 is 5.32 Å². The molecule has 1 aromatic carbocycles. The molecule has 2 aromatic heterocycles. The number of benzene rings is 1. The van der Waals surface area contributed by atoms with Crippen LogP contribution in [0.3, 0.4) is 0 Å². The van der Waals surface area contributed by atoms with E-state index < -0.39 is 19.4 Å². The van der Waals surface area contributed by atoms with E-state index in [1.807, 2.05) is 31.2 Å². The Kier molecular flexibility index (Phi) is 6.70. The third-order valence-corrected chi connectivity index (χ3v) is 6.07. The summed E-state index contributed by atoms with van der Waals surface area (Å²) in [4.78, 5) is 21.5. The van der Waals surface area contributed by atoms with Gasteiger partial charge in [-0.15, -0.1) is 0 Å². The van der Waals surface area contributed by atoms with Crippen LogP contribution in [0.5, 0.6) is 0 Å². The number of aryl methyl sites for hydroxylation is 1. The lowest BCUT2D eigenvalue weighted by Gasteiger charge is -2.30. The van der Waals surface area contributed by atoms with Crippen molar-refractivity contribution < 1.29 is 18.0 Å². The second-order valence-electron chi connectivity index (χ2n) is 8.34. The number of carbonyl (C=O) groups excluding carboxylic acids is 1. The van der Waals surface area contributed by atoms with Gasteiger partial charge in [-0.25, -0.2) is 13.8 Å². The van der Waals surface area contributed by atoms with Gasteiger partial charge in [0, 0.05) is 48.1 Å². The molecule has 0 bridgehead atoms. The number of nitrogens with zero attached hydrogens (tertiary/aromatic N) is 2. The second kappa shape index (κ2) is 9.64. The van der Waals surface area contributed by atoms with Crippen LogP contribution in [-0.4, -0.2) is 41.2 Å². The third kappa shape index (κ3) is 5.15. The SMILES string of the molecule is Cc1ncc(-c2ccc3cnc(CC(=O)C4CCC(NC(CF)CF)CC4)cc3c2)o1. The van der Waals surface area contributed by atoms with E-state index in [-0.39, 0.29) is 17.7 Å². The van der Waals surface area contributed by atoms with Crippen LogP contribution in [0.1, 0.15) is 37.3 Å². The largest absolute Gasteiger partial charge is 0.441 e. The molecule has 1 aliphatic carbocycles. The number of nitrogens with one attached hydrogen (secondary N) is 1. The maximum atomic E-state index is 12.8. The van der Waals surface area contributed by atoms with Gasteiger partial charge in [0.15, 0.2) is 11.7 Å². The summed E-state index contributed by atoms with van der Waals surface area (Å²) in [5.74, 6) is 1.49. The minimum atomic E-state index is -0.732. The van der Waals surface area contributed by atoms with Gasteiger partial charge in [-0.3, -0.25) is 9.78 Å². The molecule has 0 aliphatic heterocycles. The fourth-order valence-corrected chi connectivity index (χ4v) is 4.30. The zero-order valence-corrected chi connectivity index (χ0v) is 17.6. The molecular formula is C24H27F2N3O2. The number of Topliss-reactive ketones (excluding diaryl/α,β-unsaturated/α-hetero) is 1. The van der Waals surface area contributed by atoms with E-state index in [9.17, 15) is 13.6 Å². The number of ketones is 1. The van der Waals surface area contributed by atoms with Gasteiger partial charge in [-0.2, -0.15) is 0 Å². The first-order chi connectivity index (χ1) is 15.1. The number of hydrogen-bond donors (Lipinski definition) is 1. The van der Waals surface area contributed by atoms with Crippen molar-refractivity contribution in [2.24, 2.45) is 5.92 Å².